The number of anilines is 2. The molecule has 0 aliphatic carbocycles. The van der Waals surface area contributed by atoms with Crippen molar-refractivity contribution in [3.63, 3.8) is 0 Å². The number of amides is 2. The van der Waals surface area contributed by atoms with E-state index in [-0.39, 0.29) is 24.8 Å². The SMILES string of the molecule is CC(=O)N(CCC(=O)Nc1ccc2c(c1)OCCO2)c1cccc(C#N)c1. The second kappa shape index (κ2) is 8.23. The van der Waals surface area contributed by atoms with E-state index in [9.17, 15) is 9.59 Å². The quantitative estimate of drug-likeness (QED) is 0.880. The fourth-order valence-electron chi connectivity index (χ4n) is 2.77. The Morgan fingerprint density at radius 3 is 2.67 bits per heavy atom. The number of nitriles is 1. The molecule has 2 amide bonds. The Bertz CT molecular complexity index is 904. The van der Waals surface area contributed by atoms with Gasteiger partial charge in [-0.05, 0) is 30.3 Å². The van der Waals surface area contributed by atoms with Crippen LogP contribution in [0, 0.1) is 11.3 Å². The molecular weight excluding hydrogens is 346 g/mol. The van der Waals surface area contributed by atoms with Crippen molar-refractivity contribution >= 4 is 23.2 Å². The summed E-state index contributed by atoms with van der Waals surface area (Å²) in [5, 5.41) is 11.8. The van der Waals surface area contributed by atoms with Crippen molar-refractivity contribution in [2.45, 2.75) is 13.3 Å². The zero-order valence-electron chi connectivity index (χ0n) is 14.9. The van der Waals surface area contributed by atoms with E-state index in [2.05, 4.69) is 5.32 Å². The van der Waals surface area contributed by atoms with Crippen molar-refractivity contribution in [3.05, 3.63) is 48.0 Å². The van der Waals surface area contributed by atoms with Gasteiger partial charge in [0, 0.05) is 37.3 Å². The average molecular weight is 365 g/mol. The molecule has 7 nitrogen and oxygen atoms in total. The zero-order chi connectivity index (χ0) is 19.2. The van der Waals surface area contributed by atoms with E-state index in [1.54, 1.807) is 42.5 Å². The molecule has 0 spiro atoms. The average Bonchev–Trinajstić information content (AvgIpc) is 2.68. The molecule has 0 unspecified atom stereocenters. The maximum absolute atomic E-state index is 12.3. The van der Waals surface area contributed by atoms with Crippen molar-refractivity contribution in [1.82, 2.24) is 0 Å². The number of fused-ring (bicyclic) bond motifs is 1. The Labute approximate surface area is 157 Å². The van der Waals surface area contributed by atoms with Crippen LogP contribution in [-0.2, 0) is 9.59 Å². The summed E-state index contributed by atoms with van der Waals surface area (Å²) in [6.45, 7) is 2.62. The Morgan fingerprint density at radius 1 is 1.15 bits per heavy atom. The lowest BCUT2D eigenvalue weighted by Gasteiger charge is -2.21. The molecule has 138 valence electrons. The van der Waals surface area contributed by atoms with Crippen LogP contribution in [0.5, 0.6) is 11.5 Å². The van der Waals surface area contributed by atoms with E-state index < -0.39 is 0 Å². The number of hydrogen-bond acceptors (Lipinski definition) is 5. The van der Waals surface area contributed by atoms with Gasteiger partial charge in [-0.1, -0.05) is 6.07 Å². The molecule has 2 aromatic carbocycles. The summed E-state index contributed by atoms with van der Waals surface area (Å²) in [4.78, 5) is 25.7. The Balaban J connectivity index is 1.63. The molecule has 27 heavy (non-hydrogen) atoms. The standard InChI is InChI=1S/C20H19N3O4/c1-14(24)23(17-4-2-3-15(11-17)13-21)8-7-20(25)22-16-5-6-18-19(12-16)27-10-9-26-18/h2-6,11-12H,7-10H2,1H3,(H,22,25). The number of nitrogens with zero attached hydrogens (tertiary/aromatic N) is 2. The normalized spacial score (nSPS) is 12.0. The Hall–Kier alpha value is -3.53. The lowest BCUT2D eigenvalue weighted by atomic mass is 10.2. The van der Waals surface area contributed by atoms with Crippen LogP contribution in [-0.4, -0.2) is 31.6 Å². The first-order valence-electron chi connectivity index (χ1n) is 8.54. The number of rotatable bonds is 5. The van der Waals surface area contributed by atoms with Crippen LogP contribution in [0.25, 0.3) is 0 Å². The topological polar surface area (TPSA) is 91.7 Å². The number of carbonyl (C=O) groups is 2. The van der Waals surface area contributed by atoms with Gasteiger partial charge in [-0.25, -0.2) is 0 Å². The van der Waals surface area contributed by atoms with Gasteiger partial charge >= 0.3 is 0 Å². The molecule has 7 heteroatoms. The zero-order valence-corrected chi connectivity index (χ0v) is 14.9. The van der Waals surface area contributed by atoms with Gasteiger partial charge in [0.25, 0.3) is 0 Å². The summed E-state index contributed by atoms with van der Waals surface area (Å²) in [5.74, 6) is 0.823. The Morgan fingerprint density at radius 2 is 1.93 bits per heavy atom. The van der Waals surface area contributed by atoms with Crippen LogP contribution < -0.4 is 19.7 Å². The van der Waals surface area contributed by atoms with Gasteiger partial charge in [-0.15, -0.1) is 0 Å². The molecule has 3 rings (SSSR count). The summed E-state index contributed by atoms with van der Waals surface area (Å²) in [7, 11) is 0. The second-order valence-corrected chi connectivity index (χ2v) is 5.99. The molecule has 0 atom stereocenters. The molecule has 1 N–H and O–H groups in total. The number of ether oxygens (including phenoxy) is 2. The van der Waals surface area contributed by atoms with Crippen molar-refractivity contribution in [2.75, 3.05) is 30.0 Å². The summed E-state index contributed by atoms with van der Waals surface area (Å²) in [6, 6.07) is 14.0. The van der Waals surface area contributed by atoms with Gasteiger partial charge in [0.15, 0.2) is 11.5 Å². The van der Waals surface area contributed by atoms with Crippen LogP contribution in [0.2, 0.25) is 0 Å². The maximum Gasteiger partial charge on any atom is 0.226 e. The highest BCUT2D eigenvalue weighted by atomic mass is 16.6. The summed E-state index contributed by atoms with van der Waals surface area (Å²) in [5.41, 5.74) is 1.65. The molecule has 0 radical (unpaired) electrons. The van der Waals surface area contributed by atoms with Crippen LogP contribution in [0.4, 0.5) is 11.4 Å². The third kappa shape index (κ3) is 4.55. The molecule has 0 saturated carbocycles. The highest BCUT2D eigenvalue weighted by Gasteiger charge is 2.16. The van der Waals surface area contributed by atoms with E-state index in [1.807, 2.05) is 6.07 Å². The molecule has 1 aliphatic rings. The summed E-state index contributed by atoms with van der Waals surface area (Å²) in [6.07, 6.45) is 0.116. The molecule has 0 aromatic heterocycles. The van der Waals surface area contributed by atoms with Crippen molar-refractivity contribution in [2.24, 2.45) is 0 Å². The third-order valence-corrected chi connectivity index (χ3v) is 4.06. The minimum absolute atomic E-state index is 0.116. The van der Waals surface area contributed by atoms with Gasteiger partial charge in [-0.2, -0.15) is 5.26 Å². The van der Waals surface area contributed by atoms with Gasteiger partial charge in [-0.3, -0.25) is 9.59 Å². The van der Waals surface area contributed by atoms with Gasteiger partial charge in [0.1, 0.15) is 13.2 Å². The summed E-state index contributed by atoms with van der Waals surface area (Å²) >= 11 is 0. The monoisotopic (exact) mass is 365 g/mol. The molecular formula is C20H19N3O4. The minimum atomic E-state index is -0.227. The smallest absolute Gasteiger partial charge is 0.226 e. The van der Waals surface area contributed by atoms with Gasteiger partial charge in [0.2, 0.25) is 11.8 Å². The number of nitrogens with one attached hydrogen (secondary N) is 1. The van der Waals surface area contributed by atoms with Crippen LogP contribution in [0.15, 0.2) is 42.5 Å². The fourth-order valence-corrected chi connectivity index (χ4v) is 2.77. The molecule has 0 saturated heterocycles. The van der Waals surface area contributed by atoms with Crippen LogP contribution >= 0.6 is 0 Å². The van der Waals surface area contributed by atoms with E-state index in [0.29, 0.717) is 41.7 Å². The van der Waals surface area contributed by atoms with Crippen LogP contribution in [0.1, 0.15) is 18.9 Å². The largest absolute Gasteiger partial charge is 0.486 e. The van der Waals surface area contributed by atoms with E-state index >= 15 is 0 Å². The predicted octanol–water partition coefficient (Wildman–Crippen LogP) is 2.71. The van der Waals surface area contributed by atoms with Crippen LogP contribution in [0.3, 0.4) is 0 Å². The molecule has 1 aliphatic heterocycles. The van der Waals surface area contributed by atoms with Crippen molar-refractivity contribution < 1.29 is 19.1 Å². The predicted molar refractivity (Wildman–Crippen MR) is 99.9 cm³/mol. The Kier molecular flexibility index (Phi) is 5.57. The lowest BCUT2D eigenvalue weighted by molar-refractivity contribution is -0.117. The second-order valence-electron chi connectivity index (χ2n) is 5.99. The summed E-state index contributed by atoms with van der Waals surface area (Å²) < 4.78 is 11.0. The van der Waals surface area contributed by atoms with Gasteiger partial charge in [0.05, 0.1) is 11.6 Å². The van der Waals surface area contributed by atoms with E-state index in [1.165, 1.54) is 11.8 Å². The third-order valence-electron chi connectivity index (χ3n) is 4.06. The van der Waals surface area contributed by atoms with E-state index in [0.717, 1.165) is 0 Å². The first-order chi connectivity index (χ1) is 13.1. The maximum atomic E-state index is 12.3. The number of benzene rings is 2. The number of carbonyl (C=O) groups excluding carboxylic acids is 2. The first kappa shape index (κ1) is 18.3. The lowest BCUT2D eigenvalue weighted by Crippen LogP contribution is -2.32. The molecule has 0 fully saturated rings. The molecule has 1 heterocycles. The van der Waals surface area contributed by atoms with Crippen molar-refractivity contribution in [3.8, 4) is 17.6 Å². The van der Waals surface area contributed by atoms with Crippen molar-refractivity contribution in [1.29, 1.82) is 5.26 Å². The van der Waals surface area contributed by atoms with Gasteiger partial charge < -0.3 is 19.7 Å². The fraction of sp³-hybridized carbons (Fsp3) is 0.250. The first-order valence-corrected chi connectivity index (χ1v) is 8.54. The molecule has 2 aromatic rings. The highest BCUT2D eigenvalue weighted by molar-refractivity contribution is 5.95. The number of hydrogen-bond donors (Lipinski definition) is 1. The minimum Gasteiger partial charge on any atom is -0.486 e. The van der Waals surface area contributed by atoms with E-state index in [4.69, 9.17) is 14.7 Å². The molecule has 0 bridgehead atoms. The highest BCUT2D eigenvalue weighted by Crippen LogP contribution is 2.32.